The van der Waals surface area contributed by atoms with Crippen molar-refractivity contribution in [2.24, 2.45) is 5.92 Å². The first-order chi connectivity index (χ1) is 20.0. The third-order valence-electron chi connectivity index (χ3n) is 6.98. The average Bonchev–Trinajstić information content (AvgIpc) is 2.98. The van der Waals surface area contributed by atoms with Crippen molar-refractivity contribution in [3.05, 3.63) is 83.7 Å². The summed E-state index contributed by atoms with van der Waals surface area (Å²) in [6.45, 7) is 3.33. The van der Waals surface area contributed by atoms with Gasteiger partial charge in [-0.2, -0.15) is 4.31 Å². The summed E-state index contributed by atoms with van der Waals surface area (Å²) in [5, 5.41) is 12.7. The Morgan fingerprint density at radius 3 is 2.55 bits per heavy atom. The van der Waals surface area contributed by atoms with Crippen molar-refractivity contribution in [1.29, 1.82) is 0 Å². The molecule has 0 bridgehead atoms. The lowest BCUT2D eigenvalue weighted by Crippen LogP contribution is -2.50. The van der Waals surface area contributed by atoms with Gasteiger partial charge in [-0.05, 0) is 61.5 Å². The van der Waals surface area contributed by atoms with E-state index in [0.717, 1.165) is 0 Å². The number of likely N-dealkylation sites (N-methyl/N-ethyl adjacent to an activating group) is 1. The number of carbonyl (C=O) groups excluding carboxylic acids is 1. The van der Waals surface area contributed by atoms with Crippen molar-refractivity contribution < 1.29 is 32.2 Å². The van der Waals surface area contributed by atoms with Crippen LogP contribution in [0.4, 0.5) is 14.9 Å². The van der Waals surface area contributed by atoms with Gasteiger partial charge >= 0.3 is 6.03 Å². The maximum absolute atomic E-state index is 13.7. The molecule has 42 heavy (non-hydrogen) atoms. The normalized spacial score (nSPS) is 18.6. The number of urea groups is 1. The molecule has 222 valence electrons. The molecule has 0 aliphatic carbocycles. The number of methoxy groups -OCH3 is 1. The fourth-order valence-corrected chi connectivity index (χ4v) is 6.30. The maximum atomic E-state index is 13.7. The number of anilines is 1. The van der Waals surface area contributed by atoms with Crippen molar-refractivity contribution in [3.63, 3.8) is 0 Å². The van der Waals surface area contributed by atoms with E-state index in [9.17, 15) is 22.7 Å². The Kier molecular flexibility index (Phi) is 9.73. The molecule has 3 aromatic rings. The van der Waals surface area contributed by atoms with Crippen LogP contribution in [0.1, 0.15) is 25.0 Å². The van der Waals surface area contributed by atoms with E-state index in [1.54, 1.807) is 69.6 Å². The summed E-state index contributed by atoms with van der Waals surface area (Å²) in [6.07, 6.45) is -0.603. The Bertz CT molecular complexity index is 1590. The van der Waals surface area contributed by atoms with E-state index in [-0.39, 0.29) is 48.1 Å². The van der Waals surface area contributed by atoms with E-state index in [2.05, 4.69) is 17.2 Å². The Hall–Kier alpha value is -4.11. The highest BCUT2D eigenvalue weighted by molar-refractivity contribution is 7.89. The number of aliphatic hydroxyl groups excluding tert-OH is 1. The van der Waals surface area contributed by atoms with Crippen LogP contribution in [-0.4, -0.2) is 74.8 Å². The summed E-state index contributed by atoms with van der Waals surface area (Å²) in [7, 11) is -0.871. The number of nitrogens with zero attached hydrogens (tertiary/aromatic N) is 2. The number of benzene rings is 3. The number of halogens is 1. The predicted octanol–water partition coefficient (Wildman–Crippen LogP) is 4.17. The number of aliphatic hydroxyl groups is 1. The van der Waals surface area contributed by atoms with Crippen LogP contribution in [0.2, 0.25) is 0 Å². The molecule has 0 aromatic heterocycles. The number of hydrogen-bond acceptors (Lipinski definition) is 6. The molecule has 1 heterocycles. The standard InChI is InChI=1S/C31H34FN3O6S/c1-21-18-35(22(2)20-36)42(38,39)30-15-12-24(9-8-23-10-13-25(32)14-11-23)16-28(30)41-29(21)19-34(3)31(37)33-26-6-5-7-27(17-26)40-4/h5-7,10-17,21-22,29,36H,18-20H2,1-4H3,(H,33,37)/t21-,22-,29-/m1/s1. The van der Waals surface area contributed by atoms with Gasteiger partial charge in [-0.15, -0.1) is 0 Å². The minimum absolute atomic E-state index is 0.0597. The van der Waals surface area contributed by atoms with Crippen molar-refractivity contribution in [1.82, 2.24) is 9.21 Å². The number of ether oxygens (including phenoxy) is 2. The Balaban J connectivity index is 1.65. The highest BCUT2D eigenvalue weighted by Gasteiger charge is 2.38. The molecule has 0 spiro atoms. The van der Waals surface area contributed by atoms with Crippen LogP contribution >= 0.6 is 0 Å². The van der Waals surface area contributed by atoms with Crippen LogP contribution in [0.5, 0.6) is 11.5 Å². The number of rotatable bonds is 6. The molecule has 2 N–H and O–H groups in total. The Labute approximate surface area is 245 Å². The van der Waals surface area contributed by atoms with E-state index in [1.165, 1.54) is 27.4 Å². The zero-order valence-electron chi connectivity index (χ0n) is 23.9. The molecule has 11 heteroatoms. The third kappa shape index (κ3) is 7.20. The summed E-state index contributed by atoms with van der Waals surface area (Å²) in [6, 6.07) is 16.2. The first kappa shape index (κ1) is 30.8. The molecule has 1 aliphatic rings. The lowest BCUT2D eigenvalue weighted by Gasteiger charge is -2.37. The number of hydrogen-bond donors (Lipinski definition) is 2. The summed E-state index contributed by atoms with van der Waals surface area (Å²) in [5.41, 5.74) is 1.64. The van der Waals surface area contributed by atoms with Crippen LogP contribution in [-0.2, 0) is 10.0 Å². The quantitative estimate of drug-likeness (QED) is 0.415. The predicted molar refractivity (Wildman–Crippen MR) is 157 cm³/mol. The minimum atomic E-state index is -4.04. The van der Waals surface area contributed by atoms with Gasteiger partial charge in [-0.3, -0.25) is 0 Å². The van der Waals surface area contributed by atoms with Crippen molar-refractivity contribution in [3.8, 4) is 23.3 Å². The fraction of sp³-hybridized carbons (Fsp3) is 0.323. The maximum Gasteiger partial charge on any atom is 0.321 e. The largest absolute Gasteiger partial charge is 0.497 e. The molecule has 1 aliphatic heterocycles. The number of nitrogens with one attached hydrogen (secondary N) is 1. The van der Waals surface area contributed by atoms with Gasteiger partial charge in [0.2, 0.25) is 10.0 Å². The number of carbonyl (C=O) groups is 1. The number of sulfonamides is 1. The summed E-state index contributed by atoms with van der Waals surface area (Å²) >= 11 is 0. The zero-order valence-corrected chi connectivity index (χ0v) is 24.7. The van der Waals surface area contributed by atoms with Gasteiger partial charge in [0.1, 0.15) is 28.3 Å². The molecule has 3 aromatic carbocycles. The van der Waals surface area contributed by atoms with Gasteiger partial charge < -0.3 is 24.8 Å². The first-order valence-corrected chi connectivity index (χ1v) is 14.8. The van der Waals surface area contributed by atoms with Crippen LogP contribution in [0.15, 0.2) is 71.6 Å². The molecule has 0 radical (unpaired) electrons. The molecule has 9 nitrogen and oxygen atoms in total. The second-order valence-corrected chi connectivity index (χ2v) is 12.1. The van der Waals surface area contributed by atoms with Crippen LogP contribution in [0, 0.1) is 23.6 Å². The summed E-state index contributed by atoms with van der Waals surface area (Å²) < 4.78 is 53.5. The lowest BCUT2D eigenvalue weighted by molar-refractivity contribution is 0.0830. The van der Waals surface area contributed by atoms with Crippen molar-refractivity contribution in [2.45, 2.75) is 30.9 Å². The van der Waals surface area contributed by atoms with Gasteiger partial charge in [-0.25, -0.2) is 17.6 Å². The second-order valence-electron chi connectivity index (χ2n) is 10.2. The molecule has 4 rings (SSSR count). The minimum Gasteiger partial charge on any atom is -0.497 e. The highest BCUT2D eigenvalue weighted by atomic mass is 32.2. The zero-order chi connectivity index (χ0) is 30.4. The molecule has 0 saturated carbocycles. The molecular weight excluding hydrogens is 561 g/mol. The Morgan fingerprint density at radius 2 is 1.86 bits per heavy atom. The van der Waals surface area contributed by atoms with Gasteiger partial charge in [0, 0.05) is 48.4 Å². The topological polar surface area (TPSA) is 108 Å². The van der Waals surface area contributed by atoms with Crippen LogP contribution < -0.4 is 14.8 Å². The molecule has 2 amide bonds. The SMILES string of the molecule is COc1cccc(NC(=O)N(C)C[C@H]2Oc3cc(C#Cc4ccc(F)cc4)ccc3S(=O)(=O)N([C@H](C)CO)C[C@H]2C)c1. The highest BCUT2D eigenvalue weighted by Crippen LogP contribution is 2.34. The summed E-state index contributed by atoms with van der Waals surface area (Å²) in [4.78, 5) is 14.5. The smallest absolute Gasteiger partial charge is 0.321 e. The van der Waals surface area contributed by atoms with E-state index in [4.69, 9.17) is 9.47 Å². The van der Waals surface area contributed by atoms with Crippen LogP contribution in [0.3, 0.4) is 0 Å². The molecule has 0 saturated heterocycles. The molecule has 0 unspecified atom stereocenters. The van der Waals surface area contributed by atoms with E-state index in [0.29, 0.717) is 22.6 Å². The second kappa shape index (κ2) is 13.2. The van der Waals surface area contributed by atoms with Gasteiger partial charge in [0.25, 0.3) is 0 Å². The van der Waals surface area contributed by atoms with Crippen molar-refractivity contribution >= 4 is 21.7 Å². The first-order valence-electron chi connectivity index (χ1n) is 13.4. The average molecular weight is 596 g/mol. The number of amides is 2. The van der Waals surface area contributed by atoms with Gasteiger partial charge in [0.05, 0.1) is 20.3 Å². The van der Waals surface area contributed by atoms with Gasteiger partial charge in [-0.1, -0.05) is 24.8 Å². The molecule has 3 atom stereocenters. The summed E-state index contributed by atoms with van der Waals surface area (Å²) in [5.74, 6) is 5.88. The van der Waals surface area contributed by atoms with Crippen LogP contribution in [0.25, 0.3) is 0 Å². The monoisotopic (exact) mass is 595 g/mol. The van der Waals surface area contributed by atoms with E-state index < -0.39 is 22.2 Å². The van der Waals surface area contributed by atoms with Gasteiger partial charge in [0.15, 0.2) is 0 Å². The fourth-order valence-electron chi connectivity index (χ4n) is 4.47. The Morgan fingerprint density at radius 1 is 1.17 bits per heavy atom. The van der Waals surface area contributed by atoms with E-state index in [1.807, 2.05) is 6.92 Å². The lowest BCUT2D eigenvalue weighted by atomic mass is 10.0. The molecular formula is C31H34FN3O6S. The molecule has 0 fully saturated rings. The van der Waals surface area contributed by atoms with E-state index >= 15 is 0 Å². The van der Waals surface area contributed by atoms with Crippen molar-refractivity contribution in [2.75, 3.05) is 39.2 Å². The number of fused-ring (bicyclic) bond motifs is 1. The third-order valence-corrected chi connectivity index (χ3v) is 9.00.